The topological polar surface area (TPSA) is 59.2 Å². The molecule has 25 heavy (non-hydrogen) atoms. The minimum absolute atomic E-state index is 0.0604. The number of aryl methyl sites for hydroxylation is 1. The van der Waals surface area contributed by atoms with Crippen LogP contribution in [0.5, 0.6) is 0 Å². The zero-order valence-corrected chi connectivity index (χ0v) is 14.6. The Morgan fingerprint density at radius 1 is 1.20 bits per heavy atom. The number of nitrogens with zero attached hydrogens (tertiary/aromatic N) is 3. The Kier molecular flexibility index (Phi) is 4.28. The van der Waals surface area contributed by atoms with Crippen molar-refractivity contribution < 1.29 is 9.21 Å². The number of benzene rings is 2. The summed E-state index contributed by atoms with van der Waals surface area (Å²) in [5.74, 6) is 0.819. The lowest BCUT2D eigenvalue weighted by Gasteiger charge is -2.16. The first-order valence-electron chi connectivity index (χ1n) is 8.12. The van der Waals surface area contributed by atoms with Gasteiger partial charge in [0.2, 0.25) is 11.8 Å². The van der Waals surface area contributed by atoms with Crippen LogP contribution in [-0.4, -0.2) is 28.4 Å². The van der Waals surface area contributed by atoms with Gasteiger partial charge in [-0.05, 0) is 37.1 Å². The average molecular weight is 351 g/mol. The lowest BCUT2D eigenvalue weighted by Crippen LogP contribution is -2.30. The van der Waals surface area contributed by atoms with E-state index in [2.05, 4.69) is 16.3 Å². The summed E-state index contributed by atoms with van der Waals surface area (Å²) in [5, 5.41) is 8.53. The van der Waals surface area contributed by atoms with Crippen LogP contribution in [0.1, 0.15) is 11.1 Å². The van der Waals surface area contributed by atoms with Crippen LogP contribution in [0.25, 0.3) is 11.5 Å². The molecule has 0 bridgehead atoms. The largest absolute Gasteiger partial charge is 0.411 e. The van der Waals surface area contributed by atoms with Gasteiger partial charge in [-0.2, -0.15) is 0 Å². The van der Waals surface area contributed by atoms with E-state index >= 15 is 0 Å². The van der Waals surface area contributed by atoms with Crippen LogP contribution in [0.2, 0.25) is 0 Å². The maximum Gasteiger partial charge on any atom is 0.277 e. The Bertz CT molecular complexity index is 922. The van der Waals surface area contributed by atoms with E-state index in [0.29, 0.717) is 11.1 Å². The predicted molar refractivity (Wildman–Crippen MR) is 97.7 cm³/mol. The van der Waals surface area contributed by atoms with Crippen molar-refractivity contribution in [3.8, 4) is 11.5 Å². The first-order chi connectivity index (χ1) is 12.2. The molecule has 0 radical (unpaired) electrons. The molecule has 1 aromatic heterocycles. The summed E-state index contributed by atoms with van der Waals surface area (Å²) in [6, 6.07) is 15.9. The Morgan fingerprint density at radius 3 is 2.96 bits per heavy atom. The lowest BCUT2D eigenvalue weighted by molar-refractivity contribution is -0.116. The molecule has 126 valence electrons. The smallest absolute Gasteiger partial charge is 0.277 e. The van der Waals surface area contributed by atoms with E-state index in [9.17, 15) is 4.79 Å². The third kappa shape index (κ3) is 3.30. The van der Waals surface area contributed by atoms with Gasteiger partial charge in [0, 0.05) is 17.8 Å². The van der Waals surface area contributed by atoms with E-state index in [1.54, 1.807) is 0 Å². The second-order valence-electron chi connectivity index (χ2n) is 5.96. The van der Waals surface area contributed by atoms with E-state index in [-0.39, 0.29) is 11.7 Å². The summed E-state index contributed by atoms with van der Waals surface area (Å²) >= 11 is 1.28. The van der Waals surface area contributed by atoms with E-state index in [1.807, 2.05) is 54.3 Å². The molecule has 0 N–H and O–H groups in total. The number of carbonyl (C=O) groups is 1. The molecular formula is C19H17N3O2S. The van der Waals surface area contributed by atoms with E-state index < -0.39 is 0 Å². The standard InChI is InChI=1S/C19H17N3O2S/c1-13-5-4-7-15(11-13)18-20-21-19(24-18)25-12-17(23)22-10-9-14-6-2-3-8-16(14)22/h2-8,11H,9-10,12H2,1H3. The Balaban J connectivity index is 1.42. The fourth-order valence-electron chi connectivity index (χ4n) is 2.96. The molecule has 6 heteroatoms. The molecule has 2 aromatic carbocycles. The van der Waals surface area contributed by atoms with Gasteiger partial charge in [0.1, 0.15) is 0 Å². The Labute approximate surface area is 150 Å². The fraction of sp³-hybridized carbons (Fsp3) is 0.211. The number of aromatic nitrogens is 2. The van der Waals surface area contributed by atoms with Crippen LogP contribution >= 0.6 is 11.8 Å². The molecule has 0 spiro atoms. The molecule has 0 unspecified atom stereocenters. The zero-order chi connectivity index (χ0) is 17.2. The predicted octanol–water partition coefficient (Wildman–Crippen LogP) is 3.73. The molecule has 0 aliphatic carbocycles. The normalized spacial score (nSPS) is 13.1. The molecule has 1 amide bonds. The third-order valence-electron chi connectivity index (χ3n) is 4.18. The van der Waals surface area contributed by atoms with Crippen LogP contribution < -0.4 is 4.90 Å². The van der Waals surface area contributed by atoms with Crippen molar-refractivity contribution in [1.29, 1.82) is 0 Å². The van der Waals surface area contributed by atoms with Crippen molar-refractivity contribution in [2.75, 3.05) is 17.2 Å². The minimum atomic E-state index is 0.0604. The molecule has 3 aromatic rings. The van der Waals surface area contributed by atoms with Gasteiger partial charge < -0.3 is 9.32 Å². The van der Waals surface area contributed by atoms with Crippen LogP contribution in [0, 0.1) is 6.92 Å². The number of amides is 1. The summed E-state index contributed by atoms with van der Waals surface area (Å²) in [6.45, 7) is 2.75. The van der Waals surface area contributed by atoms with Crippen molar-refractivity contribution in [3.05, 3.63) is 59.7 Å². The second kappa shape index (κ2) is 6.72. The van der Waals surface area contributed by atoms with Crippen LogP contribution in [0.3, 0.4) is 0 Å². The SMILES string of the molecule is Cc1cccc(-c2nnc(SCC(=O)N3CCc4ccccc43)o2)c1. The minimum Gasteiger partial charge on any atom is -0.411 e. The maximum absolute atomic E-state index is 12.5. The number of anilines is 1. The number of carbonyl (C=O) groups excluding carboxylic acids is 1. The molecule has 2 heterocycles. The molecule has 4 rings (SSSR count). The zero-order valence-electron chi connectivity index (χ0n) is 13.8. The van der Waals surface area contributed by atoms with Crippen molar-refractivity contribution in [2.45, 2.75) is 18.6 Å². The van der Waals surface area contributed by atoms with Gasteiger partial charge in [-0.1, -0.05) is 47.7 Å². The highest BCUT2D eigenvalue weighted by Crippen LogP contribution is 2.29. The van der Waals surface area contributed by atoms with Crippen molar-refractivity contribution >= 4 is 23.4 Å². The van der Waals surface area contributed by atoms with Crippen molar-refractivity contribution in [1.82, 2.24) is 10.2 Å². The monoisotopic (exact) mass is 351 g/mol. The Morgan fingerprint density at radius 2 is 2.08 bits per heavy atom. The van der Waals surface area contributed by atoms with Gasteiger partial charge in [-0.3, -0.25) is 4.79 Å². The highest BCUT2D eigenvalue weighted by Gasteiger charge is 2.24. The molecule has 0 saturated carbocycles. The maximum atomic E-state index is 12.5. The summed E-state index contributed by atoms with van der Waals surface area (Å²) in [7, 11) is 0. The number of thioether (sulfide) groups is 1. The average Bonchev–Trinajstić information content (AvgIpc) is 3.27. The number of rotatable bonds is 4. The fourth-order valence-corrected chi connectivity index (χ4v) is 3.60. The first-order valence-corrected chi connectivity index (χ1v) is 9.11. The van der Waals surface area contributed by atoms with Gasteiger partial charge in [0.25, 0.3) is 5.22 Å². The molecule has 1 aliphatic heterocycles. The van der Waals surface area contributed by atoms with E-state index in [4.69, 9.17) is 4.42 Å². The highest BCUT2D eigenvalue weighted by atomic mass is 32.2. The van der Waals surface area contributed by atoms with Crippen LogP contribution in [0.15, 0.2) is 58.2 Å². The quantitative estimate of drug-likeness (QED) is 0.671. The highest BCUT2D eigenvalue weighted by molar-refractivity contribution is 7.99. The van der Waals surface area contributed by atoms with E-state index in [0.717, 1.165) is 29.8 Å². The number of hydrogen-bond donors (Lipinski definition) is 0. The van der Waals surface area contributed by atoms with Crippen molar-refractivity contribution in [2.24, 2.45) is 0 Å². The number of hydrogen-bond acceptors (Lipinski definition) is 5. The van der Waals surface area contributed by atoms with Gasteiger partial charge in [-0.15, -0.1) is 10.2 Å². The summed E-state index contributed by atoms with van der Waals surface area (Å²) in [6.07, 6.45) is 0.907. The molecule has 0 atom stereocenters. The Hall–Kier alpha value is -2.60. The van der Waals surface area contributed by atoms with Crippen LogP contribution in [-0.2, 0) is 11.2 Å². The molecule has 5 nitrogen and oxygen atoms in total. The first kappa shape index (κ1) is 15.9. The van der Waals surface area contributed by atoms with Crippen LogP contribution in [0.4, 0.5) is 5.69 Å². The summed E-state index contributed by atoms with van der Waals surface area (Å²) in [5.41, 5.74) is 4.26. The summed E-state index contributed by atoms with van der Waals surface area (Å²) in [4.78, 5) is 14.4. The molecule has 0 fully saturated rings. The van der Waals surface area contributed by atoms with Gasteiger partial charge >= 0.3 is 0 Å². The third-order valence-corrected chi connectivity index (χ3v) is 4.98. The van der Waals surface area contributed by atoms with Crippen molar-refractivity contribution in [3.63, 3.8) is 0 Å². The van der Waals surface area contributed by atoms with Gasteiger partial charge in [-0.25, -0.2) is 0 Å². The second-order valence-corrected chi connectivity index (χ2v) is 6.88. The lowest BCUT2D eigenvalue weighted by atomic mass is 10.1. The van der Waals surface area contributed by atoms with E-state index in [1.165, 1.54) is 17.3 Å². The molecular weight excluding hydrogens is 334 g/mol. The number of para-hydroxylation sites is 1. The molecule has 1 aliphatic rings. The summed E-state index contributed by atoms with van der Waals surface area (Å²) < 4.78 is 5.68. The van der Waals surface area contributed by atoms with Gasteiger partial charge in [0.05, 0.1) is 5.75 Å². The number of fused-ring (bicyclic) bond motifs is 1. The van der Waals surface area contributed by atoms with Gasteiger partial charge in [0.15, 0.2) is 0 Å². The molecule has 0 saturated heterocycles.